The first-order valence-electron chi connectivity index (χ1n) is 12.9. The third-order valence-corrected chi connectivity index (χ3v) is 7.96. The van der Waals surface area contributed by atoms with Gasteiger partial charge in [0.05, 0.1) is 25.0 Å². The molecule has 2 bridgehead atoms. The Kier molecular flexibility index (Phi) is 7.03. The van der Waals surface area contributed by atoms with Gasteiger partial charge >= 0.3 is 0 Å². The zero-order valence-corrected chi connectivity index (χ0v) is 20.9. The Morgan fingerprint density at radius 3 is 2.72 bits per heavy atom. The van der Waals surface area contributed by atoms with Gasteiger partial charge in [-0.25, -0.2) is 0 Å². The fraction of sp³-hybridized carbons (Fsp3) is 0.593. The molecule has 1 saturated carbocycles. The Morgan fingerprint density at radius 1 is 1.17 bits per heavy atom. The Bertz CT molecular complexity index is 1040. The summed E-state index contributed by atoms with van der Waals surface area (Å²) in [6, 6.07) is 6.37. The summed E-state index contributed by atoms with van der Waals surface area (Å²) in [4.78, 5) is 42.6. The number of carbonyl (C=O) groups excluding carboxylic acids is 3. The number of fused-ring (bicyclic) bond motifs is 1. The minimum absolute atomic E-state index is 0.104. The molecule has 1 aromatic carbocycles. The normalized spacial score (nSPS) is 30.9. The minimum atomic E-state index is -1.15. The molecule has 0 unspecified atom stereocenters. The second kappa shape index (κ2) is 10.2. The van der Waals surface area contributed by atoms with Crippen LogP contribution in [0.4, 0.5) is 5.69 Å². The second-order valence-electron chi connectivity index (χ2n) is 10.1. The van der Waals surface area contributed by atoms with Gasteiger partial charge in [-0.05, 0) is 31.4 Å². The first-order valence-corrected chi connectivity index (χ1v) is 12.9. The molecule has 1 aromatic rings. The maximum atomic E-state index is 13.8. The molecule has 36 heavy (non-hydrogen) atoms. The van der Waals surface area contributed by atoms with Crippen LogP contribution in [0.5, 0.6) is 5.75 Å². The van der Waals surface area contributed by atoms with Crippen molar-refractivity contribution in [3.8, 4) is 5.75 Å². The number of nitrogens with zero attached hydrogens (tertiary/aromatic N) is 1. The van der Waals surface area contributed by atoms with Gasteiger partial charge in [0.15, 0.2) is 0 Å². The van der Waals surface area contributed by atoms with E-state index >= 15 is 0 Å². The quantitative estimate of drug-likeness (QED) is 0.401. The lowest BCUT2D eigenvalue weighted by molar-refractivity contribution is -0.141. The summed E-state index contributed by atoms with van der Waals surface area (Å²) in [6.45, 7) is 0.831. The summed E-state index contributed by atoms with van der Waals surface area (Å²) in [6.07, 6.45) is 8.95. The number of ether oxygens (including phenoxy) is 3. The fourth-order valence-electron chi connectivity index (χ4n) is 6.34. The van der Waals surface area contributed by atoms with Gasteiger partial charge in [-0.15, -0.1) is 0 Å². The lowest BCUT2D eigenvalue weighted by atomic mass is 9.74. The molecule has 5 atom stereocenters. The Balaban J connectivity index is 1.41. The molecule has 1 spiro atoms. The minimum Gasteiger partial charge on any atom is -0.497 e. The van der Waals surface area contributed by atoms with Crippen molar-refractivity contribution in [2.45, 2.75) is 62.3 Å². The van der Waals surface area contributed by atoms with Crippen LogP contribution < -0.4 is 15.4 Å². The van der Waals surface area contributed by atoms with Crippen molar-refractivity contribution in [2.24, 2.45) is 11.8 Å². The van der Waals surface area contributed by atoms with E-state index < -0.39 is 29.6 Å². The molecule has 194 valence electrons. The molecule has 3 aliphatic heterocycles. The third-order valence-electron chi connectivity index (χ3n) is 7.96. The number of benzene rings is 1. The molecule has 0 aromatic heterocycles. The van der Waals surface area contributed by atoms with Crippen LogP contribution in [-0.4, -0.2) is 73.8 Å². The molecule has 2 N–H and O–H groups in total. The van der Waals surface area contributed by atoms with Gasteiger partial charge in [0.1, 0.15) is 17.4 Å². The van der Waals surface area contributed by atoms with Crippen molar-refractivity contribution in [3.63, 3.8) is 0 Å². The Labute approximate surface area is 211 Å². The lowest BCUT2D eigenvalue weighted by Gasteiger charge is -2.34. The predicted octanol–water partition coefficient (Wildman–Crippen LogP) is 2.27. The summed E-state index contributed by atoms with van der Waals surface area (Å²) in [5.74, 6) is -1.59. The molecular formula is C27H35N3O6. The molecule has 9 nitrogen and oxygen atoms in total. The van der Waals surface area contributed by atoms with E-state index in [4.69, 9.17) is 14.2 Å². The molecule has 3 fully saturated rings. The van der Waals surface area contributed by atoms with Gasteiger partial charge in [-0.3, -0.25) is 14.4 Å². The van der Waals surface area contributed by atoms with E-state index in [1.807, 2.05) is 12.2 Å². The first kappa shape index (κ1) is 24.8. The number of rotatable bonds is 9. The van der Waals surface area contributed by atoms with Crippen molar-refractivity contribution in [1.29, 1.82) is 0 Å². The average Bonchev–Trinajstić information content (AvgIpc) is 3.52. The zero-order chi connectivity index (χ0) is 25.3. The molecule has 4 aliphatic rings. The van der Waals surface area contributed by atoms with E-state index in [0.29, 0.717) is 31.0 Å². The lowest BCUT2D eigenvalue weighted by Crippen LogP contribution is -2.56. The summed E-state index contributed by atoms with van der Waals surface area (Å²) >= 11 is 0. The number of methoxy groups -OCH3 is 2. The Hall–Kier alpha value is -2.91. The van der Waals surface area contributed by atoms with Crippen LogP contribution in [0.25, 0.3) is 0 Å². The van der Waals surface area contributed by atoms with Crippen LogP contribution in [0.2, 0.25) is 0 Å². The van der Waals surface area contributed by atoms with Gasteiger partial charge in [0.2, 0.25) is 17.7 Å². The predicted molar refractivity (Wildman–Crippen MR) is 132 cm³/mol. The summed E-state index contributed by atoms with van der Waals surface area (Å²) in [7, 11) is 3.17. The highest BCUT2D eigenvalue weighted by Crippen LogP contribution is 2.55. The van der Waals surface area contributed by atoms with Crippen molar-refractivity contribution in [2.75, 3.05) is 32.7 Å². The van der Waals surface area contributed by atoms with Gasteiger partial charge < -0.3 is 29.7 Å². The second-order valence-corrected chi connectivity index (χ2v) is 10.1. The topological polar surface area (TPSA) is 106 Å². The largest absolute Gasteiger partial charge is 0.497 e. The molecule has 1 aliphatic carbocycles. The fourth-order valence-corrected chi connectivity index (χ4v) is 6.34. The third kappa shape index (κ3) is 4.28. The van der Waals surface area contributed by atoms with E-state index in [9.17, 15) is 14.4 Å². The van der Waals surface area contributed by atoms with E-state index in [-0.39, 0.29) is 23.8 Å². The number of hydrogen-bond donors (Lipinski definition) is 2. The molecule has 0 radical (unpaired) electrons. The number of likely N-dealkylation sites (tertiary alicyclic amines) is 1. The molecular weight excluding hydrogens is 462 g/mol. The molecule has 5 rings (SSSR count). The van der Waals surface area contributed by atoms with Gasteiger partial charge in [0, 0.05) is 38.1 Å². The van der Waals surface area contributed by atoms with E-state index in [0.717, 1.165) is 25.7 Å². The number of nitrogens with one attached hydrogen (secondary N) is 2. The zero-order valence-electron chi connectivity index (χ0n) is 20.9. The van der Waals surface area contributed by atoms with Crippen molar-refractivity contribution in [3.05, 3.63) is 36.4 Å². The van der Waals surface area contributed by atoms with Crippen LogP contribution >= 0.6 is 0 Å². The maximum Gasteiger partial charge on any atom is 0.246 e. The average molecular weight is 498 g/mol. The Morgan fingerprint density at radius 2 is 1.97 bits per heavy atom. The van der Waals surface area contributed by atoms with Gasteiger partial charge in [0.25, 0.3) is 0 Å². The highest BCUT2D eigenvalue weighted by Gasteiger charge is 2.72. The van der Waals surface area contributed by atoms with E-state index in [2.05, 4.69) is 10.6 Å². The van der Waals surface area contributed by atoms with Crippen LogP contribution in [0, 0.1) is 11.8 Å². The number of amides is 3. The monoisotopic (exact) mass is 497 g/mol. The summed E-state index contributed by atoms with van der Waals surface area (Å²) in [5, 5.41) is 6.12. The van der Waals surface area contributed by atoms with Crippen molar-refractivity contribution < 1.29 is 28.6 Å². The SMILES string of the molecule is COCCCN1C(=O)[C@H]2[C@@H](C(=O)Nc3cccc(OC)c3)[C@H]3C=C[C@@]2(O3)[C@H]1C(=O)NC1CCCCC1. The molecule has 3 amide bonds. The highest BCUT2D eigenvalue weighted by molar-refractivity contribution is 6.02. The number of anilines is 1. The summed E-state index contributed by atoms with van der Waals surface area (Å²) < 4.78 is 16.8. The summed E-state index contributed by atoms with van der Waals surface area (Å²) in [5.41, 5.74) is -0.571. The van der Waals surface area contributed by atoms with E-state index in [1.165, 1.54) is 6.42 Å². The smallest absolute Gasteiger partial charge is 0.246 e. The van der Waals surface area contributed by atoms with Crippen molar-refractivity contribution in [1.82, 2.24) is 10.2 Å². The standard InChI is InChI=1S/C27H35N3O6/c1-34-15-7-14-30-23(25(32)28-17-8-4-3-5-9-17)27-13-12-20(36-27)21(22(27)26(30)33)24(31)29-18-10-6-11-19(16-18)35-2/h6,10-13,16-17,20-23H,3-5,7-9,14-15H2,1-2H3,(H,28,32)(H,29,31)/t20-,21+,22-,23-,27+/m1/s1. The molecule has 2 saturated heterocycles. The van der Waals surface area contributed by atoms with Crippen LogP contribution in [0.15, 0.2) is 36.4 Å². The van der Waals surface area contributed by atoms with Gasteiger partial charge in [-0.2, -0.15) is 0 Å². The first-order chi connectivity index (χ1) is 17.5. The van der Waals surface area contributed by atoms with Crippen LogP contribution in [0.3, 0.4) is 0 Å². The number of carbonyl (C=O) groups is 3. The van der Waals surface area contributed by atoms with Crippen molar-refractivity contribution >= 4 is 23.4 Å². The number of hydrogen-bond acceptors (Lipinski definition) is 6. The van der Waals surface area contributed by atoms with Crippen LogP contribution in [-0.2, 0) is 23.9 Å². The van der Waals surface area contributed by atoms with Crippen LogP contribution in [0.1, 0.15) is 38.5 Å². The molecule has 3 heterocycles. The van der Waals surface area contributed by atoms with E-state index in [1.54, 1.807) is 43.4 Å². The maximum absolute atomic E-state index is 13.8. The highest BCUT2D eigenvalue weighted by atomic mass is 16.5. The van der Waals surface area contributed by atoms with Gasteiger partial charge in [-0.1, -0.05) is 37.5 Å². The molecule has 9 heteroatoms.